The van der Waals surface area contributed by atoms with Crippen LogP contribution in [0.5, 0.6) is 0 Å². The van der Waals surface area contributed by atoms with Crippen LogP contribution in [0.4, 0.5) is 4.39 Å². The van der Waals surface area contributed by atoms with Crippen LogP contribution >= 0.6 is 33.9 Å². The van der Waals surface area contributed by atoms with Crippen LogP contribution in [0.3, 0.4) is 0 Å². The van der Waals surface area contributed by atoms with Crippen molar-refractivity contribution in [1.82, 2.24) is 5.32 Å². The molecular weight excluding hydrogens is 372 g/mol. The van der Waals surface area contributed by atoms with Crippen molar-refractivity contribution >= 4 is 33.9 Å². The maximum atomic E-state index is 13.8. The van der Waals surface area contributed by atoms with Gasteiger partial charge < -0.3 is 5.32 Å². The molecule has 0 aliphatic carbocycles. The van der Waals surface area contributed by atoms with E-state index in [9.17, 15) is 4.39 Å². The third-order valence-electron chi connectivity index (χ3n) is 3.01. The minimum Gasteiger partial charge on any atom is -0.310 e. The average molecular weight is 389 g/mol. The van der Waals surface area contributed by atoms with Gasteiger partial charge >= 0.3 is 0 Å². The smallest absolute Gasteiger partial charge is 0.126 e. The van der Waals surface area contributed by atoms with Gasteiger partial charge in [0.15, 0.2) is 0 Å². The van der Waals surface area contributed by atoms with Crippen molar-refractivity contribution in [2.75, 3.05) is 6.54 Å². The normalized spacial score (nSPS) is 12.6. The van der Waals surface area contributed by atoms with E-state index in [1.54, 1.807) is 17.4 Å². The van der Waals surface area contributed by atoms with Gasteiger partial charge in [0, 0.05) is 6.04 Å². The standard InChI is InChI=1S/C15H17FINS/c1-2-7-18-14(12-9-15(17)19-10-12)8-11-5-3-4-6-13(11)16/h3-6,9-10,14,18H,2,7-8H2,1H3. The van der Waals surface area contributed by atoms with Crippen LogP contribution in [0.1, 0.15) is 30.5 Å². The minimum absolute atomic E-state index is 0.115. The third kappa shape index (κ3) is 4.26. The zero-order valence-electron chi connectivity index (χ0n) is 10.8. The van der Waals surface area contributed by atoms with Crippen LogP contribution in [0, 0.1) is 8.70 Å². The summed E-state index contributed by atoms with van der Waals surface area (Å²) in [6, 6.07) is 9.40. The van der Waals surface area contributed by atoms with Gasteiger partial charge in [0.25, 0.3) is 0 Å². The van der Waals surface area contributed by atoms with Crippen molar-refractivity contribution in [3.05, 3.63) is 55.5 Å². The lowest BCUT2D eigenvalue weighted by molar-refractivity contribution is 0.514. The molecule has 0 saturated heterocycles. The van der Waals surface area contributed by atoms with Gasteiger partial charge in [0.2, 0.25) is 0 Å². The molecule has 1 aromatic heterocycles. The summed E-state index contributed by atoms with van der Waals surface area (Å²) in [6.07, 6.45) is 1.77. The first-order chi connectivity index (χ1) is 9.20. The Morgan fingerprint density at radius 1 is 1.37 bits per heavy atom. The number of nitrogens with one attached hydrogen (secondary N) is 1. The molecule has 102 valence electrons. The molecule has 1 unspecified atom stereocenters. The SMILES string of the molecule is CCCNC(Cc1ccccc1F)c1csc(I)c1. The van der Waals surface area contributed by atoms with Crippen molar-refractivity contribution < 1.29 is 4.39 Å². The van der Waals surface area contributed by atoms with E-state index in [2.05, 4.69) is 46.3 Å². The number of benzene rings is 1. The molecule has 0 aliphatic heterocycles. The van der Waals surface area contributed by atoms with Crippen molar-refractivity contribution in [2.45, 2.75) is 25.8 Å². The maximum Gasteiger partial charge on any atom is 0.126 e. The second-order valence-corrected chi connectivity index (χ2v) is 7.29. The molecule has 1 aromatic carbocycles. The lowest BCUT2D eigenvalue weighted by atomic mass is 10.0. The summed E-state index contributed by atoms with van der Waals surface area (Å²) >= 11 is 4.06. The molecule has 0 amide bonds. The Labute approximate surface area is 131 Å². The molecule has 2 rings (SSSR count). The Kier molecular flexibility index (Phi) is 5.78. The predicted octanol–water partition coefficient (Wildman–Crippen LogP) is 4.78. The first-order valence-electron chi connectivity index (χ1n) is 6.41. The Balaban J connectivity index is 2.16. The predicted molar refractivity (Wildman–Crippen MR) is 88.2 cm³/mol. The molecule has 0 aliphatic rings. The van der Waals surface area contributed by atoms with E-state index >= 15 is 0 Å². The summed E-state index contributed by atoms with van der Waals surface area (Å²) in [5, 5.41) is 5.67. The van der Waals surface area contributed by atoms with Gasteiger partial charge in [-0.05, 0) is 70.6 Å². The molecule has 0 spiro atoms. The number of rotatable bonds is 6. The van der Waals surface area contributed by atoms with Gasteiger partial charge in [0.05, 0.1) is 2.88 Å². The second kappa shape index (κ2) is 7.36. The number of thiophene rings is 1. The van der Waals surface area contributed by atoms with Gasteiger partial charge in [-0.1, -0.05) is 25.1 Å². The quantitative estimate of drug-likeness (QED) is 0.702. The Bertz CT molecular complexity index is 526. The van der Waals surface area contributed by atoms with Crippen molar-refractivity contribution in [2.24, 2.45) is 0 Å². The van der Waals surface area contributed by atoms with E-state index < -0.39 is 0 Å². The van der Waals surface area contributed by atoms with Gasteiger partial charge in [-0.25, -0.2) is 4.39 Å². The van der Waals surface area contributed by atoms with Crippen LogP contribution in [0.2, 0.25) is 0 Å². The van der Waals surface area contributed by atoms with Gasteiger partial charge in [-0.15, -0.1) is 11.3 Å². The summed E-state index contributed by atoms with van der Waals surface area (Å²) in [5.74, 6) is -0.115. The van der Waals surface area contributed by atoms with E-state index in [0.29, 0.717) is 6.42 Å². The first-order valence-corrected chi connectivity index (χ1v) is 8.37. The van der Waals surface area contributed by atoms with Gasteiger partial charge in [-0.2, -0.15) is 0 Å². The fourth-order valence-electron chi connectivity index (χ4n) is 2.02. The molecule has 1 nitrogen and oxygen atoms in total. The fourth-order valence-corrected chi connectivity index (χ4v) is 3.44. The van der Waals surface area contributed by atoms with E-state index in [-0.39, 0.29) is 11.9 Å². The zero-order chi connectivity index (χ0) is 13.7. The summed E-state index contributed by atoms with van der Waals surface area (Å²) < 4.78 is 15.0. The van der Waals surface area contributed by atoms with Crippen LogP contribution in [0.15, 0.2) is 35.7 Å². The van der Waals surface area contributed by atoms with Gasteiger partial charge in [0.1, 0.15) is 5.82 Å². The van der Waals surface area contributed by atoms with E-state index in [1.807, 2.05) is 12.1 Å². The average Bonchev–Trinajstić information content (AvgIpc) is 2.83. The Morgan fingerprint density at radius 3 is 2.79 bits per heavy atom. The lowest BCUT2D eigenvalue weighted by Gasteiger charge is -2.18. The fraction of sp³-hybridized carbons (Fsp3) is 0.333. The highest BCUT2D eigenvalue weighted by molar-refractivity contribution is 14.1. The first kappa shape index (κ1) is 14.9. The van der Waals surface area contributed by atoms with Crippen molar-refractivity contribution in [3.8, 4) is 0 Å². The van der Waals surface area contributed by atoms with Crippen LogP contribution in [-0.4, -0.2) is 6.54 Å². The number of hydrogen-bond acceptors (Lipinski definition) is 2. The molecule has 0 radical (unpaired) electrons. The Hall–Kier alpha value is -0.460. The minimum atomic E-state index is -0.115. The molecular formula is C15H17FINS. The number of hydrogen-bond donors (Lipinski definition) is 1. The molecule has 2 aromatic rings. The van der Waals surface area contributed by atoms with E-state index in [4.69, 9.17) is 0 Å². The molecule has 4 heteroatoms. The van der Waals surface area contributed by atoms with Crippen LogP contribution in [-0.2, 0) is 6.42 Å². The summed E-state index contributed by atoms with van der Waals surface area (Å²) in [5.41, 5.74) is 2.03. The van der Waals surface area contributed by atoms with E-state index in [0.717, 1.165) is 18.5 Å². The zero-order valence-corrected chi connectivity index (χ0v) is 13.8. The molecule has 0 bridgehead atoms. The summed E-state index contributed by atoms with van der Waals surface area (Å²) in [6.45, 7) is 3.09. The van der Waals surface area contributed by atoms with Crippen LogP contribution < -0.4 is 5.32 Å². The highest BCUT2D eigenvalue weighted by atomic mass is 127. The summed E-state index contributed by atoms with van der Waals surface area (Å²) in [4.78, 5) is 0. The monoisotopic (exact) mass is 389 g/mol. The third-order valence-corrected chi connectivity index (χ3v) is 4.82. The molecule has 19 heavy (non-hydrogen) atoms. The summed E-state index contributed by atoms with van der Waals surface area (Å²) in [7, 11) is 0. The molecule has 0 saturated carbocycles. The van der Waals surface area contributed by atoms with Crippen molar-refractivity contribution in [1.29, 1.82) is 0 Å². The second-order valence-electron chi connectivity index (χ2n) is 4.49. The Morgan fingerprint density at radius 2 is 2.16 bits per heavy atom. The lowest BCUT2D eigenvalue weighted by Crippen LogP contribution is -2.24. The maximum absolute atomic E-state index is 13.8. The largest absolute Gasteiger partial charge is 0.310 e. The van der Waals surface area contributed by atoms with Gasteiger partial charge in [-0.3, -0.25) is 0 Å². The number of halogens is 2. The topological polar surface area (TPSA) is 12.0 Å². The highest BCUT2D eigenvalue weighted by Gasteiger charge is 2.15. The molecule has 0 fully saturated rings. The van der Waals surface area contributed by atoms with E-state index in [1.165, 1.54) is 14.5 Å². The van der Waals surface area contributed by atoms with Crippen LogP contribution in [0.25, 0.3) is 0 Å². The molecule has 1 atom stereocenters. The highest BCUT2D eigenvalue weighted by Crippen LogP contribution is 2.25. The molecule has 1 heterocycles. The molecule has 1 N–H and O–H groups in total. The van der Waals surface area contributed by atoms with Crippen molar-refractivity contribution in [3.63, 3.8) is 0 Å².